The molecule has 1 fully saturated rings. The van der Waals surface area contributed by atoms with Gasteiger partial charge in [0.25, 0.3) is 0 Å². The third-order valence-corrected chi connectivity index (χ3v) is 5.66. The number of hydrogen-bond acceptors (Lipinski definition) is 5. The molecule has 1 amide bonds. The number of ether oxygens (including phenoxy) is 1. The summed E-state index contributed by atoms with van der Waals surface area (Å²) in [7, 11) is 3.61. The molecule has 0 saturated heterocycles. The standard InChI is InChI=1S/C20H27N5O2/c1-24-13-22-17-12-25(10-14-6-5-9-21-20(14)27-2)11-16(18(17)24)19(26)23-15-7-3-4-8-15/h5-6,9,13,15-16H,3-4,7-8,10-12H2,1-2H3,(H,23,26). The van der Waals surface area contributed by atoms with E-state index in [0.717, 1.165) is 36.3 Å². The number of amides is 1. The maximum atomic E-state index is 13.1. The number of carbonyl (C=O) groups excluding carboxylic acids is 1. The van der Waals surface area contributed by atoms with E-state index >= 15 is 0 Å². The fraction of sp³-hybridized carbons (Fsp3) is 0.550. The highest BCUT2D eigenvalue weighted by Gasteiger charge is 2.35. The van der Waals surface area contributed by atoms with Gasteiger partial charge in [-0.1, -0.05) is 18.9 Å². The molecule has 0 radical (unpaired) electrons. The molecule has 1 aliphatic carbocycles. The second kappa shape index (κ2) is 7.68. The van der Waals surface area contributed by atoms with Crippen LogP contribution in [0, 0.1) is 0 Å². The Bertz CT molecular complexity index is 812. The second-order valence-electron chi connectivity index (χ2n) is 7.57. The molecule has 0 bridgehead atoms. The van der Waals surface area contributed by atoms with E-state index in [0.29, 0.717) is 25.0 Å². The lowest BCUT2D eigenvalue weighted by Gasteiger charge is -2.33. The van der Waals surface area contributed by atoms with E-state index < -0.39 is 0 Å². The van der Waals surface area contributed by atoms with Crippen molar-refractivity contribution in [3.63, 3.8) is 0 Å². The third-order valence-electron chi connectivity index (χ3n) is 5.66. The molecule has 1 aliphatic heterocycles. The largest absolute Gasteiger partial charge is 0.481 e. The van der Waals surface area contributed by atoms with Gasteiger partial charge in [-0.3, -0.25) is 9.69 Å². The van der Waals surface area contributed by atoms with Crippen LogP contribution in [-0.4, -0.2) is 45.0 Å². The number of methoxy groups -OCH3 is 1. The Kier molecular flexibility index (Phi) is 5.11. The predicted molar refractivity (Wildman–Crippen MR) is 101 cm³/mol. The zero-order chi connectivity index (χ0) is 18.8. The van der Waals surface area contributed by atoms with Crippen molar-refractivity contribution >= 4 is 5.91 Å². The van der Waals surface area contributed by atoms with E-state index in [9.17, 15) is 4.79 Å². The van der Waals surface area contributed by atoms with Gasteiger partial charge in [-0.25, -0.2) is 9.97 Å². The molecule has 1 unspecified atom stereocenters. The van der Waals surface area contributed by atoms with Crippen LogP contribution in [0.2, 0.25) is 0 Å². The quantitative estimate of drug-likeness (QED) is 0.873. The van der Waals surface area contributed by atoms with Gasteiger partial charge in [0.1, 0.15) is 0 Å². The molecule has 0 aromatic carbocycles. The van der Waals surface area contributed by atoms with Gasteiger partial charge in [-0.05, 0) is 18.9 Å². The van der Waals surface area contributed by atoms with Crippen molar-refractivity contribution in [3.05, 3.63) is 41.6 Å². The minimum Gasteiger partial charge on any atom is -0.481 e. The summed E-state index contributed by atoms with van der Waals surface area (Å²) in [6.45, 7) is 2.07. The number of hydrogen-bond donors (Lipinski definition) is 1. The van der Waals surface area contributed by atoms with E-state index in [1.54, 1.807) is 13.3 Å². The summed E-state index contributed by atoms with van der Waals surface area (Å²) in [5.74, 6) is 0.551. The van der Waals surface area contributed by atoms with Crippen LogP contribution >= 0.6 is 0 Å². The average molecular weight is 369 g/mol. The summed E-state index contributed by atoms with van der Waals surface area (Å²) < 4.78 is 7.38. The summed E-state index contributed by atoms with van der Waals surface area (Å²) in [6, 6.07) is 4.26. The molecule has 2 aliphatic rings. The Morgan fingerprint density at radius 3 is 2.93 bits per heavy atom. The fourth-order valence-corrected chi connectivity index (χ4v) is 4.35. The van der Waals surface area contributed by atoms with E-state index in [1.165, 1.54) is 12.8 Å². The van der Waals surface area contributed by atoms with Crippen molar-refractivity contribution in [3.8, 4) is 5.88 Å². The highest BCUT2D eigenvalue weighted by molar-refractivity contribution is 5.84. The summed E-state index contributed by atoms with van der Waals surface area (Å²) in [6.07, 6.45) is 8.14. The Labute approximate surface area is 159 Å². The Hall–Kier alpha value is -2.41. The summed E-state index contributed by atoms with van der Waals surface area (Å²) >= 11 is 0. The highest BCUT2D eigenvalue weighted by atomic mass is 16.5. The topological polar surface area (TPSA) is 72.3 Å². The van der Waals surface area contributed by atoms with E-state index in [4.69, 9.17) is 4.74 Å². The predicted octanol–water partition coefficient (Wildman–Crippen LogP) is 1.98. The number of rotatable bonds is 5. The van der Waals surface area contributed by atoms with Crippen LogP contribution in [0.4, 0.5) is 0 Å². The maximum Gasteiger partial charge on any atom is 0.230 e. The molecule has 1 atom stereocenters. The van der Waals surface area contributed by atoms with E-state index in [-0.39, 0.29) is 11.8 Å². The van der Waals surface area contributed by atoms with Crippen molar-refractivity contribution in [2.75, 3.05) is 13.7 Å². The van der Waals surface area contributed by atoms with Crippen LogP contribution in [0.1, 0.15) is 48.6 Å². The van der Waals surface area contributed by atoms with Gasteiger partial charge in [0, 0.05) is 44.5 Å². The third kappa shape index (κ3) is 3.69. The molecule has 0 spiro atoms. The van der Waals surface area contributed by atoms with E-state index in [1.807, 2.05) is 30.1 Å². The Balaban J connectivity index is 1.55. The molecule has 27 heavy (non-hydrogen) atoms. The molecule has 7 heteroatoms. The highest BCUT2D eigenvalue weighted by Crippen LogP contribution is 2.30. The number of aryl methyl sites for hydroxylation is 1. The summed E-state index contributed by atoms with van der Waals surface area (Å²) in [5.41, 5.74) is 3.05. The molecule has 3 heterocycles. The van der Waals surface area contributed by atoms with Crippen molar-refractivity contribution in [2.24, 2.45) is 7.05 Å². The van der Waals surface area contributed by atoms with Crippen LogP contribution < -0.4 is 10.1 Å². The number of nitrogens with one attached hydrogen (secondary N) is 1. The van der Waals surface area contributed by atoms with Gasteiger partial charge in [0.15, 0.2) is 0 Å². The molecular formula is C20H27N5O2. The average Bonchev–Trinajstić information content (AvgIpc) is 3.31. The second-order valence-corrected chi connectivity index (χ2v) is 7.57. The van der Waals surface area contributed by atoms with Crippen molar-refractivity contribution in [1.29, 1.82) is 0 Å². The minimum absolute atomic E-state index is 0.120. The Morgan fingerprint density at radius 2 is 2.15 bits per heavy atom. The van der Waals surface area contributed by atoms with Gasteiger partial charge in [0.05, 0.1) is 30.7 Å². The number of aromatic nitrogens is 3. The molecule has 7 nitrogen and oxygen atoms in total. The van der Waals surface area contributed by atoms with Crippen LogP contribution in [0.25, 0.3) is 0 Å². The minimum atomic E-state index is -0.204. The molecule has 4 rings (SSSR count). The molecule has 2 aromatic rings. The van der Waals surface area contributed by atoms with Crippen molar-refractivity contribution in [1.82, 2.24) is 24.8 Å². The van der Waals surface area contributed by atoms with Gasteiger partial charge < -0.3 is 14.6 Å². The number of pyridine rings is 1. The molecular weight excluding hydrogens is 342 g/mol. The van der Waals surface area contributed by atoms with Gasteiger partial charge in [-0.2, -0.15) is 0 Å². The molecule has 2 aromatic heterocycles. The molecule has 1 saturated carbocycles. The fourth-order valence-electron chi connectivity index (χ4n) is 4.35. The van der Waals surface area contributed by atoms with E-state index in [2.05, 4.69) is 20.2 Å². The van der Waals surface area contributed by atoms with Crippen LogP contribution in [0.3, 0.4) is 0 Å². The first-order valence-corrected chi connectivity index (χ1v) is 9.66. The molecule has 1 N–H and O–H groups in total. The first-order chi connectivity index (χ1) is 13.2. The van der Waals surface area contributed by atoms with Crippen molar-refractivity contribution < 1.29 is 9.53 Å². The van der Waals surface area contributed by atoms with Crippen LogP contribution in [-0.2, 0) is 24.9 Å². The lowest BCUT2D eigenvalue weighted by Crippen LogP contribution is -2.44. The zero-order valence-corrected chi connectivity index (χ0v) is 16.0. The summed E-state index contributed by atoms with van der Waals surface area (Å²) in [5, 5.41) is 3.27. The number of imidazole rings is 1. The van der Waals surface area contributed by atoms with Crippen molar-refractivity contribution in [2.45, 2.75) is 50.7 Å². The number of nitrogens with zero attached hydrogens (tertiary/aromatic N) is 4. The zero-order valence-electron chi connectivity index (χ0n) is 16.0. The van der Waals surface area contributed by atoms with Crippen LogP contribution in [0.5, 0.6) is 5.88 Å². The first-order valence-electron chi connectivity index (χ1n) is 9.66. The normalized spacial score (nSPS) is 20.4. The monoisotopic (exact) mass is 369 g/mol. The number of fused-ring (bicyclic) bond motifs is 1. The van der Waals surface area contributed by atoms with Crippen LogP contribution in [0.15, 0.2) is 24.7 Å². The maximum absolute atomic E-state index is 13.1. The lowest BCUT2D eigenvalue weighted by molar-refractivity contribution is -0.124. The lowest BCUT2D eigenvalue weighted by atomic mass is 9.96. The van der Waals surface area contributed by atoms with Gasteiger partial charge in [-0.15, -0.1) is 0 Å². The smallest absolute Gasteiger partial charge is 0.230 e. The number of carbonyl (C=O) groups is 1. The summed E-state index contributed by atoms with van der Waals surface area (Å²) in [4.78, 5) is 24.2. The van der Waals surface area contributed by atoms with Gasteiger partial charge in [0.2, 0.25) is 11.8 Å². The SMILES string of the molecule is COc1ncccc1CN1Cc2ncn(C)c2C(C(=O)NC2CCCC2)C1. The first kappa shape index (κ1) is 18.0. The Morgan fingerprint density at radius 1 is 1.33 bits per heavy atom. The van der Waals surface area contributed by atoms with Gasteiger partial charge >= 0.3 is 0 Å². The molecule has 144 valence electrons.